The number of pyridine rings is 1. The number of aryl methyl sites for hydroxylation is 1. The minimum atomic E-state index is -0.277. The predicted molar refractivity (Wildman–Crippen MR) is 94.1 cm³/mol. The van der Waals surface area contributed by atoms with Crippen molar-refractivity contribution in [2.75, 3.05) is 50.7 Å². The van der Waals surface area contributed by atoms with E-state index >= 15 is 0 Å². The van der Waals surface area contributed by atoms with Gasteiger partial charge in [-0.2, -0.15) is 0 Å². The van der Waals surface area contributed by atoms with Crippen LogP contribution in [0.2, 0.25) is 0 Å². The first kappa shape index (κ1) is 17.2. The topological polar surface area (TPSA) is 59.9 Å². The van der Waals surface area contributed by atoms with E-state index in [1.54, 1.807) is 0 Å². The van der Waals surface area contributed by atoms with Crippen molar-refractivity contribution in [3.8, 4) is 0 Å². The smallest absolute Gasteiger partial charge is 0.236 e. The standard InChI is InChI=1S/C18H28N4O2/c1-15-12-19-6-5-17(15)21-8-3-9-22(11-10-21)18(24)14-20-7-2-4-16(23)13-20/h5-6,12,16,23H,2-4,7-11,13-14H2,1H3/t16-/m0/s1. The Balaban J connectivity index is 1.55. The van der Waals surface area contributed by atoms with Crippen molar-refractivity contribution in [2.24, 2.45) is 0 Å². The van der Waals surface area contributed by atoms with Crippen LogP contribution in [0.4, 0.5) is 5.69 Å². The van der Waals surface area contributed by atoms with E-state index < -0.39 is 0 Å². The molecule has 1 amide bonds. The molecule has 6 heteroatoms. The van der Waals surface area contributed by atoms with Crippen LogP contribution in [0.1, 0.15) is 24.8 Å². The molecule has 0 aromatic carbocycles. The first-order valence-electron chi connectivity index (χ1n) is 8.97. The molecule has 0 bridgehead atoms. The van der Waals surface area contributed by atoms with Crippen LogP contribution in [0.5, 0.6) is 0 Å². The van der Waals surface area contributed by atoms with Gasteiger partial charge in [-0.05, 0) is 44.4 Å². The summed E-state index contributed by atoms with van der Waals surface area (Å²) >= 11 is 0. The molecule has 0 saturated carbocycles. The summed E-state index contributed by atoms with van der Waals surface area (Å²) in [6.07, 6.45) is 6.26. The van der Waals surface area contributed by atoms with Crippen LogP contribution < -0.4 is 4.90 Å². The number of aliphatic hydroxyl groups is 1. The Kier molecular flexibility index (Phi) is 5.68. The summed E-state index contributed by atoms with van der Waals surface area (Å²) in [4.78, 5) is 23.2. The minimum absolute atomic E-state index is 0.192. The molecular formula is C18H28N4O2. The number of piperidine rings is 1. The van der Waals surface area contributed by atoms with Crippen molar-refractivity contribution >= 4 is 11.6 Å². The van der Waals surface area contributed by atoms with Gasteiger partial charge in [0.2, 0.25) is 5.91 Å². The molecule has 0 radical (unpaired) electrons. The Bertz CT molecular complexity index is 566. The van der Waals surface area contributed by atoms with Crippen molar-refractivity contribution < 1.29 is 9.90 Å². The molecule has 1 N–H and O–H groups in total. The molecule has 3 rings (SSSR count). The maximum atomic E-state index is 12.6. The van der Waals surface area contributed by atoms with Gasteiger partial charge in [0.25, 0.3) is 0 Å². The van der Waals surface area contributed by atoms with Crippen LogP contribution in [0, 0.1) is 6.92 Å². The highest BCUT2D eigenvalue weighted by Crippen LogP contribution is 2.20. The van der Waals surface area contributed by atoms with Gasteiger partial charge in [-0.1, -0.05) is 0 Å². The third kappa shape index (κ3) is 4.24. The molecule has 1 atom stereocenters. The second-order valence-electron chi connectivity index (χ2n) is 6.91. The minimum Gasteiger partial charge on any atom is -0.392 e. The number of carbonyl (C=O) groups is 1. The van der Waals surface area contributed by atoms with Gasteiger partial charge in [0, 0.05) is 50.8 Å². The van der Waals surface area contributed by atoms with Crippen LogP contribution in [0.25, 0.3) is 0 Å². The zero-order valence-electron chi connectivity index (χ0n) is 14.5. The van der Waals surface area contributed by atoms with Gasteiger partial charge in [0.05, 0.1) is 12.6 Å². The van der Waals surface area contributed by atoms with Crippen molar-refractivity contribution in [3.63, 3.8) is 0 Å². The molecule has 1 aromatic heterocycles. The molecule has 2 fully saturated rings. The van der Waals surface area contributed by atoms with E-state index in [1.165, 1.54) is 11.3 Å². The summed E-state index contributed by atoms with van der Waals surface area (Å²) in [6.45, 7) is 7.47. The number of aliphatic hydroxyl groups excluding tert-OH is 1. The summed E-state index contributed by atoms with van der Waals surface area (Å²) in [5, 5.41) is 9.76. The van der Waals surface area contributed by atoms with Crippen LogP contribution in [0.15, 0.2) is 18.5 Å². The highest BCUT2D eigenvalue weighted by Gasteiger charge is 2.24. The Hall–Kier alpha value is -1.66. The SMILES string of the molecule is Cc1cnccc1N1CCCN(C(=O)CN2CCC[C@H](O)C2)CC1. The highest BCUT2D eigenvalue weighted by molar-refractivity contribution is 5.78. The summed E-state index contributed by atoms with van der Waals surface area (Å²) in [7, 11) is 0. The van der Waals surface area contributed by atoms with E-state index in [1.807, 2.05) is 17.3 Å². The average molecular weight is 332 g/mol. The van der Waals surface area contributed by atoms with Gasteiger partial charge in [-0.25, -0.2) is 0 Å². The number of anilines is 1. The predicted octanol–water partition coefficient (Wildman–Crippen LogP) is 0.885. The van der Waals surface area contributed by atoms with Gasteiger partial charge in [-0.3, -0.25) is 14.7 Å². The fourth-order valence-corrected chi connectivity index (χ4v) is 3.69. The van der Waals surface area contributed by atoms with Gasteiger partial charge in [0.15, 0.2) is 0 Å². The Labute approximate surface area is 144 Å². The molecule has 0 unspecified atom stereocenters. The van der Waals surface area contributed by atoms with E-state index in [0.29, 0.717) is 13.1 Å². The lowest BCUT2D eigenvalue weighted by atomic mass is 10.1. The van der Waals surface area contributed by atoms with E-state index in [0.717, 1.165) is 52.0 Å². The quantitative estimate of drug-likeness (QED) is 0.891. The molecule has 6 nitrogen and oxygen atoms in total. The number of likely N-dealkylation sites (tertiary alicyclic amines) is 1. The van der Waals surface area contributed by atoms with E-state index in [2.05, 4.69) is 27.8 Å². The van der Waals surface area contributed by atoms with Crippen LogP contribution in [-0.4, -0.2) is 77.7 Å². The number of carbonyl (C=O) groups excluding carboxylic acids is 1. The number of rotatable bonds is 3. The van der Waals surface area contributed by atoms with Crippen LogP contribution in [0.3, 0.4) is 0 Å². The van der Waals surface area contributed by atoms with E-state index in [-0.39, 0.29) is 12.0 Å². The van der Waals surface area contributed by atoms with E-state index in [4.69, 9.17) is 0 Å². The summed E-state index contributed by atoms with van der Waals surface area (Å²) in [5.74, 6) is 0.192. The van der Waals surface area contributed by atoms with Crippen molar-refractivity contribution in [2.45, 2.75) is 32.3 Å². The van der Waals surface area contributed by atoms with E-state index in [9.17, 15) is 9.90 Å². The lowest BCUT2D eigenvalue weighted by molar-refractivity contribution is -0.132. The molecule has 3 heterocycles. The summed E-state index contributed by atoms with van der Waals surface area (Å²) < 4.78 is 0. The Morgan fingerprint density at radius 1 is 1.25 bits per heavy atom. The number of amides is 1. The molecule has 1 aromatic rings. The third-order valence-electron chi connectivity index (χ3n) is 5.02. The molecule has 0 spiro atoms. The monoisotopic (exact) mass is 332 g/mol. The number of hydrogen-bond donors (Lipinski definition) is 1. The second-order valence-corrected chi connectivity index (χ2v) is 6.91. The summed E-state index contributed by atoms with van der Waals surface area (Å²) in [5.41, 5.74) is 2.40. The molecule has 2 aliphatic heterocycles. The van der Waals surface area contributed by atoms with Crippen molar-refractivity contribution in [3.05, 3.63) is 24.0 Å². The zero-order chi connectivity index (χ0) is 16.9. The maximum Gasteiger partial charge on any atom is 0.236 e. The molecule has 24 heavy (non-hydrogen) atoms. The van der Waals surface area contributed by atoms with Gasteiger partial charge in [0.1, 0.15) is 0 Å². The molecule has 0 aliphatic carbocycles. The van der Waals surface area contributed by atoms with Gasteiger partial charge < -0.3 is 14.9 Å². The number of nitrogens with zero attached hydrogens (tertiary/aromatic N) is 4. The van der Waals surface area contributed by atoms with Gasteiger partial charge in [-0.15, -0.1) is 0 Å². The van der Waals surface area contributed by atoms with Crippen molar-refractivity contribution in [1.29, 1.82) is 0 Å². The Morgan fingerprint density at radius 2 is 2.12 bits per heavy atom. The number of β-amino-alcohol motifs (C(OH)–C–C–N with tert-alkyl or cyclic N) is 1. The van der Waals surface area contributed by atoms with Gasteiger partial charge >= 0.3 is 0 Å². The molecule has 2 aliphatic rings. The lowest BCUT2D eigenvalue weighted by Crippen LogP contribution is -2.46. The lowest BCUT2D eigenvalue weighted by Gasteiger charge is -2.31. The van der Waals surface area contributed by atoms with Crippen molar-refractivity contribution in [1.82, 2.24) is 14.8 Å². The maximum absolute atomic E-state index is 12.6. The highest BCUT2D eigenvalue weighted by atomic mass is 16.3. The van der Waals surface area contributed by atoms with Crippen LogP contribution >= 0.6 is 0 Å². The normalized spacial score (nSPS) is 23.2. The fourth-order valence-electron chi connectivity index (χ4n) is 3.69. The largest absolute Gasteiger partial charge is 0.392 e. The molecule has 132 valence electrons. The first-order chi connectivity index (χ1) is 11.6. The first-order valence-corrected chi connectivity index (χ1v) is 8.97. The summed E-state index contributed by atoms with van der Waals surface area (Å²) in [6, 6.07) is 2.06. The number of hydrogen-bond acceptors (Lipinski definition) is 5. The second kappa shape index (κ2) is 7.94. The Morgan fingerprint density at radius 3 is 2.92 bits per heavy atom. The fraction of sp³-hybridized carbons (Fsp3) is 0.667. The molecule has 2 saturated heterocycles. The third-order valence-corrected chi connectivity index (χ3v) is 5.02. The molecular weight excluding hydrogens is 304 g/mol. The average Bonchev–Trinajstić information content (AvgIpc) is 2.81. The zero-order valence-corrected chi connectivity index (χ0v) is 14.5. The number of aromatic nitrogens is 1. The van der Waals surface area contributed by atoms with Crippen LogP contribution in [-0.2, 0) is 4.79 Å².